The van der Waals surface area contributed by atoms with Gasteiger partial charge in [0.05, 0.1) is 12.6 Å². The van der Waals surface area contributed by atoms with Crippen molar-refractivity contribution in [1.29, 1.82) is 0 Å². The van der Waals surface area contributed by atoms with Crippen LogP contribution in [0.25, 0.3) is 0 Å². The van der Waals surface area contributed by atoms with E-state index >= 15 is 0 Å². The number of nitrogens with zero attached hydrogens (tertiary/aromatic N) is 3. The monoisotopic (exact) mass is 543 g/mol. The quantitative estimate of drug-likeness (QED) is 0.278. The Bertz CT molecular complexity index is 742. The Morgan fingerprint density at radius 2 is 2.00 bits per heavy atom. The van der Waals surface area contributed by atoms with E-state index in [4.69, 9.17) is 0 Å². The molecule has 1 aromatic carbocycles. The van der Waals surface area contributed by atoms with Crippen molar-refractivity contribution in [2.45, 2.75) is 52.3 Å². The molecule has 0 radical (unpaired) electrons. The second kappa shape index (κ2) is 12.6. The summed E-state index contributed by atoms with van der Waals surface area (Å²) < 4.78 is 0. The number of hydrogen-bond donors (Lipinski definition) is 3. The summed E-state index contributed by atoms with van der Waals surface area (Å²) in [4.78, 5) is 21.0. The zero-order valence-electron chi connectivity index (χ0n) is 19.0. The van der Waals surface area contributed by atoms with Gasteiger partial charge in [-0.2, -0.15) is 0 Å². The summed E-state index contributed by atoms with van der Waals surface area (Å²) >= 11 is 0. The first-order chi connectivity index (χ1) is 14.5. The maximum absolute atomic E-state index is 12.2. The summed E-state index contributed by atoms with van der Waals surface area (Å²) in [6, 6.07) is 8.74. The number of aliphatic hydroxyl groups excluding tert-OH is 1. The second-order valence-electron chi connectivity index (χ2n) is 8.70. The molecule has 3 N–H and O–H groups in total. The Hall–Kier alpha value is -1.39. The van der Waals surface area contributed by atoms with Gasteiger partial charge in [-0.05, 0) is 30.9 Å². The van der Waals surface area contributed by atoms with E-state index in [2.05, 4.69) is 44.8 Å². The smallest absolute Gasteiger partial charge is 0.225 e. The van der Waals surface area contributed by atoms with Crippen LogP contribution in [0.3, 0.4) is 0 Å². The molecule has 2 unspecified atom stereocenters. The molecule has 174 valence electrons. The van der Waals surface area contributed by atoms with Crippen LogP contribution in [0.5, 0.6) is 0 Å². The second-order valence-corrected chi connectivity index (χ2v) is 8.70. The maximum atomic E-state index is 12.2. The van der Waals surface area contributed by atoms with Crippen LogP contribution in [0.1, 0.15) is 38.3 Å². The molecule has 2 aliphatic rings. The van der Waals surface area contributed by atoms with E-state index in [1.807, 2.05) is 25.7 Å². The number of guanidine groups is 1. The van der Waals surface area contributed by atoms with Gasteiger partial charge in [0.2, 0.25) is 5.91 Å². The molecule has 1 fully saturated rings. The first-order valence-electron chi connectivity index (χ1n) is 11.3. The molecule has 2 aliphatic heterocycles. The molecule has 0 aliphatic carbocycles. The standard InChI is InChI=1S/C23H37N5O2.HI/c1-4-24-23(26-20-10-12-28(15-20)22(30)17(2)3)25-13-21(29)16-27-11-9-18-7-5-6-8-19(18)14-27;/h5-8,17,20-21,29H,4,9-16H2,1-3H3,(H2,24,25,26);1H. The van der Waals surface area contributed by atoms with E-state index in [-0.39, 0.29) is 41.8 Å². The number of benzene rings is 1. The van der Waals surface area contributed by atoms with Crippen molar-refractivity contribution in [3.63, 3.8) is 0 Å². The van der Waals surface area contributed by atoms with E-state index in [1.54, 1.807) is 0 Å². The van der Waals surface area contributed by atoms with Gasteiger partial charge in [-0.1, -0.05) is 38.1 Å². The fourth-order valence-corrected chi connectivity index (χ4v) is 4.22. The number of fused-ring (bicyclic) bond motifs is 1. The third-order valence-corrected chi connectivity index (χ3v) is 5.82. The van der Waals surface area contributed by atoms with Crippen molar-refractivity contribution >= 4 is 35.8 Å². The molecule has 1 saturated heterocycles. The van der Waals surface area contributed by atoms with E-state index < -0.39 is 6.10 Å². The number of amides is 1. The third-order valence-electron chi connectivity index (χ3n) is 5.82. The van der Waals surface area contributed by atoms with Crippen LogP contribution in [0.15, 0.2) is 29.3 Å². The number of halogens is 1. The van der Waals surface area contributed by atoms with Crippen LogP contribution < -0.4 is 10.6 Å². The van der Waals surface area contributed by atoms with Crippen molar-refractivity contribution in [3.8, 4) is 0 Å². The molecule has 2 heterocycles. The van der Waals surface area contributed by atoms with Gasteiger partial charge >= 0.3 is 0 Å². The molecule has 31 heavy (non-hydrogen) atoms. The third kappa shape index (κ3) is 7.61. The summed E-state index contributed by atoms with van der Waals surface area (Å²) in [6.07, 6.45) is 1.44. The Morgan fingerprint density at radius 3 is 2.71 bits per heavy atom. The number of β-amino-alcohol motifs (C(OH)–C–C–N with tert-alkyl or cyclic N) is 1. The molecule has 2 atom stereocenters. The number of carbonyl (C=O) groups is 1. The lowest BCUT2D eigenvalue weighted by molar-refractivity contribution is -0.133. The highest BCUT2D eigenvalue weighted by Gasteiger charge is 2.28. The van der Waals surface area contributed by atoms with E-state index in [1.165, 1.54) is 11.1 Å². The molecule has 0 aromatic heterocycles. The number of rotatable bonds is 7. The van der Waals surface area contributed by atoms with Gasteiger partial charge < -0.3 is 20.6 Å². The van der Waals surface area contributed by atoms with Crippen molar-refractivity contribution in [2.24, 2.45) is 10.9 Å². The summed E-state index contributed by atoms with van der Waals surface area (Å²) in [5.41, 5.74) is 2.78. The topological polar surface area (TPSA) is 80.2 Å². The van der Waals surface area contributed by atoms with Gasteiger partial charge in [-0.3, -0.25) is 14.7 Å². The SMILES string of the molecule is CCNC(=NCC(O)CN1CCc2ccccc2C1)NC1CCN(C(=O)C(C)C)C1.I. The lowest BCUT2D eigenvalue weighted by Gasteiger charge is -2.30. The lowest BCUT2D eigenvalue weighted by atomic mass is 10.00. The Kier molecular flexibility index (Phi) is 10.5. The average Bonchev–Trinajstić information content (AvgIpc) is 3.20. The highest BCUT2D eigenvalue weighted by Crippen LogP contribution is 2.18. The minimum Gasteiger partial charge on any atom is -0.390 e. The highest BCUT2D eigenvalue weighted by molar-refractivity contribution is 14.0. The minimum absolute atomic E-state index is 0. The number of likely N-dealkylation sites (tertiary alicyclic amines) is 1. The van der Waals surface area contributed by atoms with Crippen molar-refractivity contribution < 1.29 is 9.90 Å². The van der Waals surface area contributed by atoms with E-state index in [9.17, 15) is 9.90 Å². The van der Waals surface area contributed by atoms with Crippen LogP contribution in [0.2, 0.25) is 0 Å². The summed E-state index contributed by atoms with van der Waals surface area (Å²) in [6.45, 7) is 11.0. The van der Waals surface area contributed by atoms with Gasteiger partial charge in [-0.25, -0.2) is 0 Å². The van der Waals surface area contributed by atoms with Gasteiger partial charge in [0.1, 0.15) is 0 Å². The first kappa shape index (κ1) is 25.9. The number of aliphatic imine (C=N–C) groups is 1. The average molecular weight is 543 g/mol. The maximum Gasteiger partial charge on any atom is 0.225 e. The number of nitrogens with one attached hydrogen (secondary N) is 2. The molecular formula is C23H38IN5O2. The predicted octanol–water partition coefficient (Wildman–Crippen LogP) is 1.84. The molecule has 1 amide bonds. The van der Waals surface area contributed by atoms with Crippen molar-refractivity contribution in [1.82, 2.24) is 20.4 Å². The summed E-state index contributed by atoms with van der Waals surface area (Å²) in [5, 5.41) is 17.2. The number of aliphatic hydroxyl groups is 1. The van der Waals surface area contributed by atoms with Crippen molar-refractivity contribution in [3.05, 3.63) is 35.4 Å². The molecule has 1 aromatic rings. The lowest BCUT2D eigenvalue weighted by Crippen LogP contribution is -2.46. The van der Waals surface area contributed by atoms with Gasteiger partial charge in [0.25, 0.3) is 0 Å². The summed E-state index contributed by atoms with van der Waals surface area (Å²) in [7, 11) is 0. The van der Waals surface area contributed by atoms with Crippen LogP contribution in [-0.2, 0) is 17.8 Å². The molecule has 3 rings (SSSR count). The van der Waals surface area contributed by atoms with Crippen LogP contribution in [0, 0.1) is 5.92 Å². The normalized spacial score (nSPS) is 20.2. The highest BCUT2D eigenvalue weighted by atomic mass is 127. The number of carbonyl (C=O) groups excluding carboxylic acids is 1. The molecule has 0 saturated carbocycles. The van der Waals surface area contributed by atoms with Gasteiger partial charge in [-0.15, -0.1) is 24.0 Å². The fraction of sp³-hybridized carbons (Fsp3) is 0.652. The van der Waals surface area contributed by atoms with Gasteiger partial charge in [0, 0.05) is 51.2 Å². The largest absolute Gasteiger partial charge is 0.390 e. The van der Waals surface area contributed by atoms with Crippen molar-refractivity contribution in [2.75, 3.05) is 39.3 Å². The minimum atomic E-state index is -0.506. The van der Waals surface area contributed by atoms with E-state index in [0.717, 1.165) is 39.0 Å². The molecule has 8 heteroatoms. The zero-order chi connectivity index (χ0) is 21.5. The fourth-order valence-electron chi connectivity index (χ4n) is 4.22. The molecular weight excluding hydrogens is 505 g/mol. The van der Waals surface area contributed by atoms with E-state index in [0.29, 0.717) is 25.6 Å². The Morgan fingerprint density at radius 1 is 1.26 bits per heavy atom. The molecule has 0 bridgehead atoms. The Balaban J connectivity index is 0.00000341. The molecule has 7 nitrogen and oxygen atoms in total. The van der Waals surface area contributed by atoms with Crippen LogP contribution in [0.4, 0.5) is 0 Å². The summed E-state index contributed by atoms with van der Waals surface area (Å²) in [5.74, 6) is 0.951. The zero-order valence-corrected chi connectivity index (χ0v) is 21.3. The van der Waals surface area contributed by atoms with Crippen LogP contribution in [-0.4, -0.2) is 78.2 Å². The first-order valence-corrected chi connectivity index (χ1v) is 11.3. The number of hydrogen-bond acceptors (Lipinski definition) is 4. The Labute approximate surface area is 203 Å². The van der Waals surface area contributed by atoms with Gasteiger partial charge in [0.15, 0.2) is 5.96 Å². The predicted molar refractivity (Wildman–Crippen MR) is 136 cm³/mol. The molecule has 0 spiro atoms. The van der Waals surface area contributed by atoms with Crippen LogP contribution >= 0.6 is 24.0 Å².